The van der Waals surface area contributed by atoms with Gasteiger partial charge in [0, 0.05) is 13.0 Å². The molecule has 29 heavy (non-hydrogen) atoms. The molecule has 0 spiro atoms. The summed E-state index contributed by atoms with van der Waals surface area (Å²) in [5.41, 5.74) is 1.01. The molecular weight excluding hydrogens is 442 g/mol. The number of hydrogen-bond donors (Lipinski definition) is 2. The third-order valence-corrected chi connectivity index (χ3v) is 4.81. The van der Waals surface area contributed by atoms with E-state index in [1.807, 2.05) is 18.2 Å². The van der Waals surface area contributed by atoms with E-state index >= 15 is 0 Å². The first-order valence-corrected chi connectivity index (χ1v) is 9.88. The van der Waals surface area contributed by atoms with E-state index in [0.29, 0.717) is 30.1 Å². The molecule has 1 unspecified atom stereocenters. The van der Waals surface area contributed by atoms with Crippen molar-refractivity contribution in [1.29, 1.82) is 0 Å². The number of ether oxygens (including phenoxy) is 4. The fraction of sp³-hybridized carbons (Fsp3) is 0.381. The van der Waals surface area contributed by atoms with E-state index in [1.54, 1.807) is 25.3 Å². The van der Waals surface area contributed by atoms with Crippen LogP contribution in [-0.2, 0) is 11.2 Å². The van der Waals surface area contributed by atoms with E-state index in [9.17, 15) is 9.90 Å². The number of aryl methyl sites for hydroxylation is 1. The molecule has 8 heteroatoms. The van der Waals surface area contributed by atoms with Crippen LogP contribution in [0, 0.1) is 0 Å². The number of para-hydroxylation sites is 1. The Labute approximate surface area is 179 Å². The zero-order chi connectivity index (χ0) is 21.2. The molecule has 2 N–H and O–H groups in total. The van der Waals surface area contributed by atoms with Gasteiger partial charge in [0.1, 0.15) is 18.5 Å². The largest absolute Gasteiger partial charge is 0.496 e. The van der Waals surface area contributed by atoms with Gasteiger partial charge < -0.3 is 29.4 Å². The number of aliphatic hydroxyl groups excluding tert-OH is 1. The van der Waals surface area contributed by atoms with Gasteiger partial charge in [-0.05, 0) is 52.2 Å². The lowest BCUT2D eigenvalue weighted by atomic mass is 10.1. The highest BCUT2D eigenvalue weighted by atomic mass is 79.9. The fourth-order valence-corrected chi connectivity index (χ4v) is 3.23. The van der Waals surface area contributed by atoms with Crippen LogP contribution in [0.2, 0.25) is 0 Å². The highest BCUT2D eigenvalue weighted by Crippen LogP contribution is 2.36. The van der Waals surface area contributed by atoms with Crippen LogP contribution in [0.4, 0.5) is 0 Å². The van der Waals surface area contributed by atoms with Gasteiger partial charge in [-0.25, -0.2) is 0 Å². The molecule has 0 aromatic heterocycles. The van der Waals surface area contributed by atoms with E-state index in [-0.39, 0.29) is 19.1 Å². The molecule has 2 rings (SSSR count). The third kappa shape index (κ3) is 6.83. The summed E-state index contributed by atoms with van der Waals surface area (Å²) >= 11 is 3.43. The lowest BCUT2D eigenvalue weighted by molar-refractivity contribution is -0.121. The number of benzene rings is 2. The summed E-state index contributed by atoms with van der Waals surface area (Å²) in [5.74, 6) is 2.02. The van der Waals surface area contributed by atoms with Crippen molar-refractivity contribution in [1.82, 2.24) is 5.32 Å². The van der Waals surface area contributed by atoms with Gasteiger partial charge in [0.15, 0.2) is 11.5 Å². The summed E-state index contributed by atoms with van der Waals surface area (Å²) in [6.45, 7) is 0.0744. The minimum Gasteiger partial charge on any atom is -0.496 e. The van der Waals surface area contributed by atoms with Gasteiger partial charge in [0.2, 0.25) is 11.7 Å². The highest BCUT2D eigenvalue weighted by Gasteiger charge is 2.14. The van der Waals surface area contributed by atoms with Gasteiger partial charge in [-0.15, -0.1) is 0 Å². The number of nitrogens with one attached hydrogen (secondary N) is 1. The van der Waals surface area contributed by atoms with Gasteiger partial charge in [-0.1, -0.05) is 12.1 Å². The van der Waals surface area contributed by atoms with Crippen LogP contribution in [0.3, 0.4) is 0 Å². The van der Waals surface area contributed by atoms with Crippen LogP contribution in [0.15, 0.2) is 40.9 Å². The third-order valence-electron chi connectivity index (χ3n) is 4.19. The van der Waals surface area contributed by atoms with Gasteiger partial charge >= 0.3 is 0 Å². The molecule has 158 valence electrons. The van der Waals surface area contributed by atoms with E-state index in [0.717, 1.165) is 15.8 Å². The second-order valence-corrected chi connectivity index (χ2v) is 7.08. The maximum Gasteiger partial charge on any atom is 0.220 e. The van der Waals surface area contributed by atoms with Crippen molar-refractivity contribution in [3.63, 3.8) is 0 Å². The minimum atomic E-state index is -0.872. The van der Waals surface area contributed by atoms with Gasteiger partial charge in [-0.2, -0.15) is 0 Å². The molecule has 0 aliphatic heterocycles. The van der Waals surface area contributed by atoms with Crippen molar-refractivity contribution in [2.75, 3.05) is 34.5 Å². The lowest BCUT2D eigenvalue weighted by Gasteiger charge is -2.17. The first-order valence-electron chi connectivity index (χ1n) is 9.09. The molecule has 0 radical (unpaired) electrons. The van der Waals surface area contributed by atoms with Crippen LogP contribution >= 0.6 is 15.9 Å². The molecule has 2 aromatic rings. The Bertz CT molecular complexity index is 792. The number of carbonyl (C=O) groups excluding carboxylic acids is 1. The van der Waals surface area contributed by atoms with Crippen LogP contribution in [0.25, 0.3) is 0 Å². The molecule has 1 amide bonds. The second kappa shape index (κ2) is 11.5. The second-order valence-electron chi connectivity index (χ2n) is 6.23. The van der Waals surface area contributed by atoms with E-state index in [1.165, 1.54) is 14.2 Å². The zero-order valence-electron chi connectivity index (χ0n) is 16.7. The Hall–Kier alpha value is -2.45. The van der Waals surface area contributed by atoms with Crippen LogP contribution in [0.5, 0.6) is 23.0 Å². The standard InChI is InChI=1S/C21H26BrNO6/c1-26-17-9-7-14(11-16(17)22)8-10-20(25)23-12-15(24)13-29-21-18(27-2)5-4-6-19(21)28-3/h4-7,9,11,15,24H,8,10,12-13H2,1-3H3,(H,23,25). The maximum absolute atomic E-state index is 12.1. The molecule has 2 aromatic carbocycles. The van der Waals surface area contributed by atoms with Gasteiger partial charge in [-0.3, -0.25) is 4.79 Å². The summed E-state index contributed by atoms with van der Waals surface area (Å²) in [5, 5.41) is 12.8. The summed E-state index contributed by atoms with van der Waals surface area (Å²) in [6, 6.07) is 11.0. The molecule has 0 aliphatic rings. The molecule has 0 fully saturated rings. The van der Waals surface area contributed by atoms with Crippen molar-refractivity contribution >= 4 is 21.8 Å². The quantitative estimate of drug-likeness (QED) is 0.528. The molecule has 7 nitrogen and oxygen atoms in total. The Morgan fingerprint density at radius 3 is 2.31 bits per heavy atom. The monoisotopic (exact) mass is 467 g/mol. The predicted molar refractivity (Wildman–Crippen MR) is 113 cm³/mol. The number of hydrogen-bond acceptors (Lipinski definition) is 6. The smallest absolute Gasteiger partial charge is 0.220 e. The maximum atomic E-state index is 12.1. The molecule has 0 saturated heterocycles. The van der Waals surface area contributed by atoms with Crippen molar-refractivity contribution in [3.8, 4) is 23.0 Å². The highest BCUT2D eigenvalue weighted by molar-refractivity contribution is 9.10. The number of aliphatic hydroxyl groups is 1. The Balaban J connectivity index is 1.77. The summed E-state index contributed by atoms with van der Waals surface area (Å²) in [6.07, 6.45) is 0.0234. The number of rotatable bonds is 11. The lowest BCUT2D eigenvalue weighted by Crippen LogP contribution is -2.35. The average Bonchev–Trinajstić information content (AvgIpc) is 2.74. The molecule has 0 heterocycles. The SMILES string of the molecule is COc1ccc(CCC(=O)NCC(O)COc2c(OC)cccc2OC)cc1Br. The normalized spacial score (nSPS) is 11.5. The van der Waals surface area contributed by atoms with Crippen molar-refractivity contribution in [3.05, 3.63) is 46.4 Å². The Kier molecular flexibility index (Phi) is 9.08. The molecule has 0 aliphatic carbocycles. The summed E-state index contributed by atoms with van der Waals surface area (Å²) in [7, 11) is 4.66. The molecule has 1 atom stereocenters. The Morgan fingerprint density at radius 1 is 1.07 bits per heavy atom. The van der Waals surface area contributed by atoms with Crippen molar-refractivity contribution in [2.45, 2.75) is 18.9 Å². The van der Waals surface area contributed by atoms with E-state index < -0.39 is 6.10 Å². The van der Waals surface area contributed by atoms with Crippen molar-refractivity contribution < 1.29 is 28.8 Å². The Morgan fingerprint density at radius 2 is 1.72 bits per heavy atom. The van der Waals surface area contributed by atoms with Gasteiger partial charge in [0.05, 0.1) is 25.8 Å². The summed E-state index contributed by atoms with van der Waals surface area (Å²) < 4.78 is 22.2. The zero-order valence-corrected chi connectivity index (χ0v) is 18.3. The van der Waals surface area contributed by atoms with E-state index in [2.05, 4.69) is 21.2 Å². The first kappa shape index (κ1) is 22.8. The minimum absolute atomic E-state index is 0.0115. The van der Waals surface area contributed by atoms with E-state index in [4.69, 9.17) is 18.9 Å². The molecular formula is C21H26BrNO6. The number of halogens is 1. The first-order chi connectivity index (χ1) is 14.0. The van der Waals surface area contributed by atoms with Crippen LogP contribution in [0.1, 0.15) is 12.0 Å². The van der Waals surface area contributed by atoms with Gasteiger partial charge in [0.25, 0.3) is 0 Å². The number of amides is 1. The van der Waals surface area contributed by atoms with Crippen LogP contribution < -0.4 is 24.3 Å². The number of methoxy groups -OCH3 is 3. The summed E-state index contributed by atoms with van der Waals surface area (Å²) in [4.78, 5) is 12.1. The van der Waals surface area contributed by atoms with Crippen LogP contribution in [-0.4, -0.2) is 51.6 Å². The van der Waals surface area contributed by atoms with Crippen molar-refractivity contribution in [2.24, 2.45) is 0 Å². The molecule has 0 bridgehead atoms. The molecule has 0 saturated carbocycles. The fourth-order valence-electron chi connectivity index (χ4n) is 2.64. The number of carbonyl (C=O) groups is 1. The average molecular weight is 468 g/mol. The predicted octanol–water partition coefficient (Wildman–Crippen LogP) is 2.96. The topological polar surface area (TPSA) is 86.3 Å².